The Hall–Kier alpha value is -2.75. The Kier molecular flexibility index (Phi) is 18.0. The number of urea groups is 1. The van der Waals surface area contributed by atoms with Gasteiger partial charge in [0.2, 0.25) is 5.91 Å². The minimum Gasteiger partial charge on any atom is -0.481 e. The molecule has 2 atom stereocenters. The maximum Gasteiger partial charge on any atom is 0.327 e. The molecular formula is C26H43N3O6S. The Bertz CT molecular complexity index is 818. The van der Waals surface area contributed by atoms with E-state index in [2.05, 4.69) is 54.9 Å². The van der Waals surface area contributed by atoms with Crippen molar-refractivity contribution in [3.05, 3.63) is 34.9 Å². The lowest BCUT2D eigenvalue weighted by molar-refractivity contribution is -0.141. The number of allylic oxidation sites excluding steroid dienone is 5. The minimum absolute atomic E-state index is 0.168. The van der Waals surface area contributed by atoms with Gasteiger partial charge in [0.15, 0.2) is 0 Å². The summed E-state index contributed by atoms with van der Waals surface area (Å²) in [7, 11) is 0. The number of carboxylic acids is 2. The topological polar surface area (TPSA) is 145 Å². The number of hydrogen-bond donors (Lipinski definition) is 5. The van der Waals surface area contributed by atoms with E-state index >= 15 is 0 Å². The molecule has 36 heavy (non-hydrogen) atoms. The van der Waals surface area contributed by atoms with E-state index in [9.17, 15) is 24.3 Å². The first-order chi connectivity index (χ1) is 16.9. The fourth-order valence-corrected chi connectivity index (χ4v) is 4.16. The largest absolute Gasteiger partial charge is 0.481 e. The van der Waals surface area contributed by atoms with E-state index in [4.69, 9.17) is 5.11 Å². The molecule has 0 heterocycles. The molecule has 10 heteroatoms. The highest BCUT2D eigenvalue weighted by molar-refractivity contribution is 7.99. The molecule has 0 aliphatic carbocycles. The van der Waals surface area contributed by atoms with Crippen molar-refractivity contribution in [3.8, 4) is 0 Å². The average Bonchev–Trinajstić information content (AvgIpc) is 2.75. The number of thioether (sulfide) groups is 1. The zero-order chi connectivity index (χ0) is 27.5. The van der Waals surface area contributed by atoms with Crippen LogP contribution in [-0.4, -0.2) is 64.2 Å². The molecule has 0 aromatic rings. The molecule has 0 aliphatic rings. The van der Waals surface area contributed by atoms with E-state index in [1.165, 1.54) is 28.5 Å². The molecule has 0 aromatic heterocycles. The lowest BCUT2D eigenvalue weighted by atomic mass is 10.1. The molecule has 0 rings (SSSR count). The fourth-order valence-electron chi connectivity index (χ4n) is 3.16. The zero-order valence-corrected chi connectivity index (χ0v) is 23.0. The number of rotatable bonds is 18. The van der Waals surface area contributed by atoms with E-state index in [1.807, 2.05) is 6.92 Å². The second-order valence-corrected chi connectivity index (χ2v) is 10.0. The molecule has 0 saturated heterocycles. The minimum atomic E-state index is -1.17. The van der Waals surface area contributed by atoms with Crippen LogP contribution in [0, 0.1) is 0 Å². The molecule has 5 N–H and O–H groups in total. The van der Waals surface area contributed by atoms with Gasteiger partial charge in [-0.05, 0) is 60.3 Å². The lowest BCUT2D eigenvalue weighted by Crippen LogP contribution is -2.48. The van der Waals surface area contributed by atoms with Gasteiger partial charge in [-0.3, -0.25) is 9.59 Å². The molecule has 0 saturated carbocycles. The standard InChI is InChI=1S/C26H43N3O6S/c1-6-27-26(35)28-21(16-24(31)32)15-23(30)29-22(25(33)34)17-36-14-13-20(5)12-8-11-19(4)10-7-9-18(2)3/h9,11,13,21-22H,6-8,10,12,14-17H2,1-5H3,(H,29,30)(H,31,32)(H,33,34)(H2,27,28,35). The van der Waals surface area contributed by atoms with Gasteiger partial charge in [-0.25, -0.2) is 9.59 Å². The molecule has 204 valence electrons. The van der Waals surface area contributed by atoms with Crippen molar-refractivity contribution in [1.29, 1.82) is 0 Å². The first kappa shape index (κ1) is 33.2. The molecule has 0 spiro atoms. The molecule has 2 unspecified atom stereocenters. The van der Waals surface area contributed by atoms with Crippen molar-refractivity contribution < 1.29 is 29.4 Å². The highest BCUT2D eigenvalue weighted by Crippen LogP contribution is 2.13. The van der Waals surface area contributed by atoms with Crippen molar-refractivity contribution >= 4 is 35.6 Å². The molecular weight excluding hydrogens is 482 g/mol. The highest BCUT2D eigenvalue weighted by atomic mass is 32.2. The Balaban J connectivity index is 4.58. The second kappa shape index (κ2) is 19.4. The van der Waals surface area contributed by atoms with E-state index in [-0.39, 0.29) is 12.2 Å². The summed E-state index contributed by atoms with van der Waals surface area (Å²) in [6.07, 6.45) is 9.79. The SMILES string of the molecule is CCNC(=O)NC(CC(=O)O)CC(=O)NC(CSCC=C(C)CCC=C(C)CCC=C(C)C)C(=O)O. The molecule has 0 radical (unpaired) electrons. The summed E-state index contributed by atoms with van der Waals surface area (Å²) in [6, 6.07) is -2.65. The van der Waals surface area contributed by atoms with Gasteiger partial charge in [-0.15, -0.1) is 0 Å². The van der Waals surface area contributed by atoms with Gasteiger partial charge in [0, 0.05) is 30.5 Å². The van der Waals surface area contributed by atoms with Crippen LogP contribution in [0.4, 0.5) is 4.79 Å². The van der Waals surface area contributed by atoms with Gasteiger partial charge in [0.05, 0.1) is 6.42 Å². The molecule has 0 aromatic carbocycles. The number of aliphatic carboxylic acids is 2. The van der Waals surface area contributed by atoms with Crippen LogP contribution in [0.3, 0.4) is 0 Å². The van der Waals surface area contributed by atoms with E-state index in [1.54, 1.807) is 6.92 Å². The number of amides is 3. The van der Waals surface area contributed by atoms with Crippen LogP contribution in [0.2, 0.25) is 0 Å². The van der Waals surface area contributed by atoms with Crippen molar-refractivity contribution in [2.75, 3.05) is 18.1 Å². The summed E-state index contributed by atoms with van der Waals surface area (Å²) in [5.41, 5.74) is 3.93. The van der Waals surface area contributed by atoms with Gasteiger partial charge >= 0.3 is 18.0 Å². The Morgan fingerprint density at radius 3 is 2.03 bits per heavy atom. The van der Waals surface area contributed by atoms with Gasteiger partial charge in [-0.2, -0.15) is 11.8 Å². The smallest absolute Gasteiger partial charge is 0.327 e. The fraction of sp³-hybridized carbons (Fsp3) is 0.615. The number of carboxylic acid groups (broad SMARTS) is 2. The zero-order valence-electron chi connectivity index (χ0n) is 22.2. The van der Waals surface area contributed by atoms with Crippen LogP contribution in [0.15, 0.2) is 34.9 Å². The Labute approximate surface area is 219 Å². The van der Waals surface area contributed by atoms with Crippen LogP contribution in [-0.2, 0) is 14.4 Å². The normalized spacial score (nSPS) is 13.4. The molecule has 0 aliphatic heterocycles. The third-order valence-corrected chi connectivity index (χ3v) is 6.09. The van der Waals surface area contributed by atoms with Gasteiger partial charge in [-0.1, -0.05) is 34.9 Å². The van der Waals surface area contributed by atoms with Crippen LogP contribution in [0.1, 0.15) is 73.1 Å². The van der Waals surface area contributed by atoms with Gasteiger partial charge < -0.3 is 26.2 Å². The molecule has 0 fully saturated rings. The maximum atomic E-state index is 12.3. The third kappa shape index (κ3) is 18.6. The number of carbonyl (C=O) groups excluding carboxylic acids is 2. The van der Waals surface area contributed by atoms with E-state index in [0.717, 1.165) is 25.7 Å². The molecule has 9 nitrogen and oxygen atoms in total. The Morgan fingerprint density at radius 2 is 1.47 bits per heavy atom. The van der Waals surface area contributed by atoms with Crippen LogP contribution >= 0.6 is 11.8 Å². The summed E-state index contributed by atoms with van der Waals surface area (Å²) < 4.78 is 0. The van der Waals surface area contributed by atoms with Crippen molar-refractivity contribution in [1.82, 2.24) is 16.0 Å². The summed E-state index contributed by atoms with van der Waals surface area (Å²) in [5.74, 6) is -2.19. The van der Waals surface area contributed by atoms with Crippen molar-refractivity contribution in [2.24, 2.45) is 0 Å². The predicted molar refractivity (Wildman–Crippen MR) is 145 cm³/mol. The predicted octanol–water partition coefficient (Wildman–Crippen LogP) is 4.26. The van der Waals surface area contributed by atoms with Crippen LogP contribution < -0.4 is 16.0 Å². The third-order valence-electron chi connectivity index (χ3n) is 5.12. The van der Waals surface area contributed by atoms with E-state index < -0.39 is 42.4 Å². The quantitative estimate of drug-likeness (QED) is 0.133. The summed E-state index contributed by atoms with van der Waals surface area (Å²) in [4.78, 5) is 46.6. The van der Waals surface area contributed by atoms with Crippen molar-refractivity contribution in [3.63, 3.8) is 0 Å². The first-order valence-electron chi connectivity index (χ1n) is 12.2. The lowest BCUT2D eigenvalue weighted by Gasteiger charge is -2.19. The van der Waals surface area contributed by atoms with Gasteiger partial charge in [0.25, 0.3) is 0 Å². The van der Waals surface area contributed by atoms with Crippen LogP contribution in [0.5, 0.6) is 0 Å². The summed E-state index contributed by atoms with van der Waals surface area (Å²) in [5, 5.41) is 25.8. The van der Waals surface area contributed by atoms with Crippen LogP contribution in [0.25, 0.3) is 0 Å². The summed E-state index contributed by atoms with van der Waals surface area (Å²) >= 11 is 1.39. The Morgan fingerprint density at radius 1 is 0.861 bits per heavy atom. The first-order valence-corrected chi connectivity index (χ1v) is 13.4. The van der Waals surface area contributed by atoms with Crippen molar-refractivity contribution in [2.45, 2.75) is 85.2 Å². The summed E-state index contributed by atoms with van der Waals surface area (Å²) in [6.45, 7) is 10.4. The maximum absolute atomic E-state index is 12.3. The molecule has 3 amide bonds. The number of hydrogen-bond acceptors (Lipinski definition) is 5. The highest BCUT2D eigenvalue weighted by Gasteiger charge is 2.24. The van der Waals surface area contributed by atoms with E-state index in [0.29, 0.717) is 12.3 Å². The monoisotopic (exact) mass is 525 g/mol. The number of carbonyl (C=O) groups is 4. The van der Waals surface area contributed by atoms with Gasteiger partial charge in [0.1, 0.15) is 6.04 Å². The second-order valence-electron chi connectivity index (χ2n) is 8.96. The molecule has 0 bridgehead atoms. The number of nitrogens with one attached hydrogen (secondary N) is 3. The average molecular weight is 526 g/mol.